The Hall–Kier alpha value is -1.56. The second kappa shape index (κ2) is 11.4. The van der Waals surface area contributed by atoms with Crippen LogP contribution in [0.2, 0.25) is 0 Å². The molecule has 4 saturated carbocycles. The van der Waals surface area contributed by atoms with Crippen molar-refractivity contribution in [1.82, 2.24) is 15.3 Å². The van der Waals surface area contributed by atoms with Crippen molar-refractivity contribution >= 4 is 0 Å². The first-order valence-corrected chi connectivity index (χ1v) is 16.1. The Morgan fingerprint density at radius 1 is 1.15 bits per heavy atom. The largest absolute Gasteiger partial charge is 0.388 e. The lowest BCUT2D eigenvalue weighted by Crippen LogP contribution is -2.71. The lowest BCUT2D eigenvalue weighted by molar-refractivity contribution is -0.222. The number of aromatic amines is 1. The third-order valence-electron chi connectivity index (χ3n) is 12.6. The Morgan fingerprint density at radius 3 is 2.69 bits per heavy atom. The first-order valence-electron chi connectivity index (χ1n) is 16.1. The minimum Gasteiger partial charge on any atom is -0.388 e. The number of nitrogens with one attached hydrogen (secondary N) is 2. The average molecular weight is 539 g/mol. The molecule has 0 spiro atoms. The molecule has 0 amide bonds. The highest BCUT2D eigenvalue weighted by atomic mass is 16.3. The number of hydrogen-bond acceptors (Lipinski definition) is 4. The molecule has 4 aliphatic carbocycles. The number of fused-ring (bicyclic) bond motifs is 5. The monoisotopic (exact) mass is 538 g/mol. The van der Waals surface area contributed by atoms with Crippen LogP contribution in [0.1, 0.15) is 111 Å². The van der Waals surface area contributed by atoms with Crippen LogP contribution in [-0.4, -0.2) is 39.3 Å². The molecule has 218 valence electrons. The zero-order chi connectivity index (χ0) is 27.8. The van der Waals surface area contributed by atoms with Crippen LogP contribution in [0, 0.1) is 46.3 Å². The molecule has 0 radical (unpaired) electrons. The van der Waals surface area contributed by atoms with Crippen molar-refractivity contribution in [3.05, 3.63) is 28.7 Å². The molecular weight excluding hydrogens is 484 g/mol. The average Bonchev–Trinajstić information content (AvgIpc) is 3.53. The van der Waals surface area contributed by atoms with Gasteiger partial charge in [-0.15, -0.1) is 0 Å². The number of hydrogen-bond donors (Lipinski definition) is 3. The molecule has 0 saturated heterocycles. The van der Waals surface area contributed by atoms with Gasteiger partial charge in [0.15, 0.2) is 0 Å². The van der Waals surface area contributed by atoms with E-state index in [2.05, 4.69) is 59.9 Å². The molecule has 1 aromatic heterocycles. The third kappa shape index (κ3) is 5.17. The molecule has 10 atom stereocenters. The summed E-state index contributed by atoms with van der Waals surface area (Å²) in [5.41, 5.74) is 9.67. The number of aromatic nitrogens is 2. The molecule has 7 nitrogen and oxygen atoms in total. The number of nitrogens with zero attached hydrogens (tertiary/aromatic N) is 4. The third-order valence-corrected chi connectivity index (χ3v) is 12.6. The summed E-state index contributed by atoms with van der Waals surface area (Å²) in [4.78, 5) is 10.6. The molecule has 0 unspecified atom stereocenters. The highest BCUT2D eigenvalue weighted by Crippen LogP contribution is 2.69. The summed E-state index contributed by atoms with van der Waals surface area (Å²) >= 11 is 0. The van der Waals surface area contributed by atoms with E-state index in [9.17, 15) is 10.6 Å². The van der Waals surface area contributed by atoms with Crippen molar-refractivity contribution < 1.29 is 5.11 Å². The molecule has 0 aliphatic heterocycles. The molecule has 7 heteroatoms. The summed E-state index contributed by atoms with van der Waals surface area (Å²) in [7, 11) is 0. The fraction of sp³-hybridized carbons (Fsp3) is 0.906. The van der Waals surface area contributed by atoms with Crippen LogP contribution in [0.25, 0.3) is 10.4 Å². The maximum atomic E-state index is 12.6. The molecule has 39 heavy (non-hydrogen) atoms. The first-order chi connectivity index (χ1) is 18.6. The van der Waals surface area contributed by atoms with Crippen LogP contribution in [-0.2, 0) is 6.42 Å². The van der Waals surface area contributed by atoms with Gasteiger partial charge in [0.1, 0.15) is 0 Å². The van der Waals surface area contributed by atoms with Crippen molar-refractivity contribution in [2.75, 3.05) is 6.54 Å². The van der Waals surface area contributed by atoms with Gasteiger partial charge in [-0.05, 0) is 97.8 Å². The van der Waals surface area contributed by atoms with Crippen LogP contribution < -0.4 is 5.32 Å². The molecular formula is C32H54N6O. The minimum absolute atomic E-state index is 0.0178. The Morgan fingerprint density at radius 2 is 1.97 bits per heavy atom. The molecule has 3 N–H and O–H groups in total. The van der Waals surface area contributed by atoms with Crippen molar-refractivity contribution in [3.8, 4) is 0 Å². The maximum absolute atomic E-state index is 12.6. The molecule has 5 rings (SSSR count). The van der Waals surface area contributed by atoms with Crippen molar-refractivity contribution in [1.29, 1.82) is 0 Å². The van der Waals surface area contributed by atoms with E-state index in [1.54, 1.807) is 6.33 Å². The van der Waals surface area contributed by atoms with E-state index in [0.717, 1.165) is 61.6 Å². The van der Waals surface area contributed by atoms with Crippen molar-refractivity contribution in [2.45, 2.75) is 129 Å². The number of imidazole rings is 1. The van der Waals surface area contributed by atoms with Gasteiger partial charge in [0.05, 0.1) is 17.6 Å². The summed E-state index contributed by atoms with van der Waals surface area (Å²) in [6, 6.07) is -0.0964. The Kier molecular flexibility index (Phi) is 8.44. The van der Waals surface area contributed by atoms with E-state index >= 15 is 0 Å². The van der Waals surface area contributed by atoms with Gasteiger partial charge in [-0.3, -0.25) is 0 Å². The summed E-state index contributed by atoms with van der Waals surface area (Å²) in [5.74, 6) is 4.38. The van der Waals surface area contributed by atoms with Gasteiger partial charge in [-0.1, -0.05) is 59.0 Å². The van der Waals surface area contributed by atoms with E-state index in [1.165, 1.54) is 44.9 Å². The van der Waals surface area contributed by atoms with Crippen molar-refractivity contribution in [2.24, 2.45) is 51.5 Å². The van der Waals surface area contributed by atoms with E-state index in [0.29, 0.717) is 23.7 Å². The molecule has 1 aromatic rings. The van der Waals surface area contributed by atoms with Crippen LogP contribution in [0.15, 0.2) is 17.6 Å². The topological polar surface area (TPSA) is 110 Å². The predicted octanol–water partition coefficient (Wildman–Crippen LogP) is 7.44. The van der Waals surface area contributed by atoms with Gasteiger partial charge >= 0.3 is 0 Å². The van der Waals surface area contributed by atoms with Gasteiger partial charge in [0, 0.05) is 41.6 Å². The fourth-order valence-corrected chi connectivity index (χ4v) is 10.5. The van der Waals surface area contributed by atoms with Crippen molar-refractivity contribution in [3.63, 3.8) is 0 Å². The molecule has 4 fully saturated rings. The first kappa shape index (κ1) is 29.0. The van der Waals surface area contributed by atoms with Crippen LogP contribution in [0.4, 0.5) is 0 Å². The minimum atomic E-state index is -0.854. The van der Waals surface area contributed by atoms with E-state index in [-0.39, 0.29) is 17.5 Å². The summed E-state index contributed by atoms with van der Waals surface area (Å²) in [6.07, 6.45) is 17.4. The lowest BCUT2D eigenvalue weighted by atomic mass is 9.41. The normalized spacial score (nSPS) is 42.3. The Balaban J connectivity index is 1.38. The SMILES string of the molecule is CC(C)CCC[C@@H](C)[C@H]1CC[C@H]2[C@@H]3C[C@@H](NCCc4c[nH]cn4)[C@@]4(O)C[C@@H](N=[N+]=[N-])CC[C@]4(C)[C@H]3CC[C@]12C. The predicted molar refractivity (Wildman–Crippen MR) is 157 cm³/mol. The van der Waals surface area contributed by atoms with Crippen LogP contribution in [0.5, 0.6) is 0 Å². The zero-order valence-electron chi connectivity index (χ0n) is 25.2. The van der Waals surface area contributed by atoms with Gasteiger partial charge < -0.3 is 15.4 Å². The number of aliphatic hydroxyl groups is 1. The molecule has 0 bridgehead atoms. The number of H-pyrrole nitrogens is 1. The summed E-state index contributed by atoms with van der Waals surface area (Å²) in [5, 5.41) is 20.6. The number of rotatable bonds is 10. The lowest BCUT2D eigenvalue weighted by Gasteiger charge is -2.66. The molecule has 1 heterocycles. The van der Waals surface area contributed by atoms with E-state index in [4.69, 9.17) is 0 Å². The highest BCUT2D eigenvalue weighted by molar-refractivity contribution is 5.19. The smallest absolute Gasteiger partial charge is 0.0923 e. The van der Waals surface area contributed by atoms with Gasteiger partial charge in [-0.25, -0.2) is 4.98 Å². The molecule has 0 aromatic carbocycles. The highest BCUT2D eigenvalue weighted by Gasteiger charge is 2.67. The summed E-state index contributed by atoms with van der Waals surface area (Å²) < 4.78 is 0. The standard InChI is InChI=1S/C32H54N6O/c1-21(2)7-6-8-22(3)26-9-10-27-25-17-29(35-16-13-24-19-34-20-36-24)32(39)18-23(37-38-33)11-15-31(32,5)28(25)12-14-30(26,27)4/h19-23,25-29,35,39H,6-18H2,1-5H3,(H,34,36)/t22-,23+,25+,26-,27+,28+,29-,30-,31-,32+/m1/s1. The fourth-order valence-electron chi connectivity index (χ4n) is 10.5. The van der Waals surface area contributed by atoms with Crippen LogP contribution >= 0.6 is 0 Å². The maximum Gasteiger partial charge on any atom is 0.0923 e. The van der Waals surface area contributed by atoms with E-state index in [1.807, 2.05) is 6.20 Å². The van der Waals surface area contributed by atoms with Gasteiger partial charge in [0.2, 0.25) is 0 Å². The number of azide groups is 1. The second-order valence-corrected chi connectivity index (χ2v) is 14.9. The Bertz CT molecular complexity index is 1010. The van der Waals surface area contributed by atoms with Gasteiger partial charge in [0.25, 0.3) is 0 Å². The van der Waals surface area contributed by atoms with Gasteiger partial charge in [-0.2, -0.15) is 0 Å². The summed E-state index contributed by atoms with van der Waals surface area (Å²) in [6.45, 7) is 13.1. The quantitative estimate of drug-likeness (QED) is 0.164. The van der Waals surface area contributed by atoms with Crippen LogP contribution in [0.3, 0.4) is 0 Å². The molecule has 4 aliphatic rings. The van der Waals surface area contributed by atoms with E-state index < -0.39 is 5.60 Å². The second-order valence-electron chi connectivity index (χ2n) is 14.9. The Labute approximate surface area is 236 Å². The zero-order valence-corrected chi connectivity index (χ0v) is 25.2.